The number of carbonyl (C=O) groups excluding carboxylic acids is 1. The summed E-state index contributed by atoms with van der Waals surface area (Å²) in [5.74, 6) is -0.937. The smallest absolute Gasteiger partial charge is 0.348 e. The first kappa shape index (κ1) is 22.1. The highest BCUT2D eigenvalue weighted by Crippen LogP contribution is 2.35. The highest BCUT2D eigenvalue weighted by atomic mass is 35.5. The van der Waals surface area contributed by atoms with E-state index in [0.717, 1.165) is 0 Å². The molecule has 10 heteroatoms. The van der Waals surface area contributed by atoms with Crippen LogP contribution in [0.15, 0.2) is 46.9 Å². The third kappa shape index (κ3) is 5.40. The number of nitriles is 1. The molecule has 0 aliphatic rings. The van der Waals surface area contributed by atoms with E-state index in [1.807, 2.05) is 0 Å². The Balaban J connectivity index is 2.28. The minimum Gasteiger partial charge on any atom is -0.462 e. The lowest BCUT2D eigenvalue weighted by molar-refractivity contribution is -0.137. The van der Waals surface area contributed by atoms with Crippen LogP contribution in [0.2, 0.25) is 15.1 Å². The molecule has 0 saturated heterocycles. The molecule has 0 aliphatic heterocycles. The van der Waals surface area contributed by atoms with Crippen LogP contribution in [0.5, 0.6) is 5.75 Å². The third-order valence-electron chi connectivity index (χ3n) is 3.27. The Morgan fingerprint density at radius 3 is 2.29 bits per heavy atom. The van der Waals surface area contributed by atoms with E-state index in [4.69, 9.17) is 49.0 Å². The number of hydrogen-bond donors (Lipinski definition) is 0. The van der Waals surface area contributed by atoms with Gasteiger partial charge in [0.2, 0.25) is 0 Å². The fourth-order valence-electron chi connectivity index (χ4n) is 1.98. The van der Waals surface area contributed by atoms with Crippen LogP contribution >= 0.6 is 34.8 Å². The van der Waals surface area contributed by atoms with E-state index in [2.05, 4.69) is 0 Å². The van der Waals surface area contributed by atoms with E-state index in [1.54, 1.807) is 13.0 Å². The van der Waals surface area contributed by atoms with Crippen LogP contribution in [0, 0.1) is 11.3 Å². The number of carbonyl (C=O) groups is 1. The lowest BCUT2D eigenvalue weighted by Gasteiger charge is -2.10. The van der Waals surface area contributed by atoms with Crippen LogP contribution in [0.25, 0.3) is 6.08 Å². The quantitative estimate of drug-likeness (QED) is 0.200. The zero-order valence-electron chi connectivity index (χ0n) is 14.3. The number of benzene rings is 2. The molecule has 28 heavy (non-hydrogen) atoms. The minimum absolute atomic E-state index is 0.0226. The molecule has 2 rings (SSSR count). The van der Waals surface area contributed by atoms with E-state index in [0.29, 0.717) is 5.56 Å². The summed E-state index contributed by atoms with van der Waals surface area (Å²) >= 11 is 17.6. The Kier molecular flexibility index (Phi) is 7.33. The lowest BCUT2D eigenvalue weighted by atomic mass is 10.1. The van der Waals surface area contributed by atoms with E-state index in [-0.39, 0.29) is 37.9 Å². The fraction of sp³-hybridized carbons (Fsp3) is 0.111. The summed E-state index contributed by atoms with van der Waals surface area (Å²) < 4.78 is 34.7. The van der Waals surface area contributed by atoms with Crippen molar-refractivity contribution in [2.75, 3.05) is 6.61 Å². The van der Waals surface area contributed by atoms with Gasteiger partial charge in [-0.25, -0.2) is 4.79 Å². The molecular weight excluding hydrogens is 449 g/mol. The van der Waals surface area contributed by atoms with Crippen molar-refractivity contribution in [2.45, 2.75) is 11.8 Å². The van der Waals surface area contributed by atoms with Gasteiger partial charge in [-0.1, -0.05) is 46.9 Å². The molecule has 0 aromatic heterocycles. The maximum absolute atomic E-state index is 12.4. The highest BCUT2D eigenvalue weighted by molar-refractivity contribution is 7.87. The number of rotatable bonds is 6. The molecule has 2 aromatic rings. The summed E-state index contributed by atoms with van der Waals surface area (Å²) in [7, 11) is -4.20. The molecule has 2 aromatic carbocycles. The van der Waals surface area contributed by atoms with Crippen molar-refractivity contribution in [3.8, 4) is 11.8 Å². The van der Waals surface area contributed by atoms with Gasteiger partial charge in [0.15, 0.2) is 5.75 Å². The van der Waals surface area contributed by atoms with E-state index >= 15 is 0 Å². The zero-order valence-corrected chi connectivity index (χ0v) is 17.4. The normalized spacial score (nSPS) is 11.6. The van der Waals surface area contributed by atoms with Crippen LogP contribution in [0.4, 0.5) is 0 Å². The summed E-state index contributed by atoms with van der Waals surface area (Å²) in [6, 6.07) is 9.52. The monoisotopic (exact) mass is 459 g/mol. The van der Waals surface area contributed by atoms with Crippen molar-refractivity contribution in [3.63, 3.8) is 0 Å². The van der Waals surface area contributed by atoms with Crippen LogP contribution in [-0.4, -0.2) is 21.0 Å². The van der Waals surface area contributed by atoms with Crippen molar-refractivity contribution in [3.05, 3.63) is 62.6 Å². The fourth-order valence-corrected chi connectivity index (χ4v) is 3.54. The van der Waals surface area contributed by atoms with Crippen molar-refractivity contribution in [2.24, 2.45) is 0 Å². The van der Waals surface area contributed by atoms with Gasteiger partial charge in [-0.15, -0.1) is 0 Å². The lowest BCUT2D eigenvalue weighted by Crippen LogP contribution is -2.10. The predicted octanol–water partition coefficient (Wildman–Crippen LogP) is 4.88. The SMILES string of the molecule is CCOC(=O)C(C#N)=Cc1ccc(S(=O)(=O)Oc2cc(Cl)c(Cl)cc2Cl)cc1. The van der Waals surface area contributed by atoms with Crippen LogP contribution < -0.4 is 4.18 Å². The molecule has 0 fully saturated rings. The molecule has 0 aliphatic carbocycles. The van der Waals surface area contributed by atoms with Gasteiger partial charge in [0.25, 0.3) is 0 Å². The van der Waals surface area contributed by atoms with E-state index in [1.165, 1.54) is 42.5 Å². The largest absolute Gasteiger partial charge is 0.462 e. The highest BCUT2D eigenvalue weighted by Gasteiger charge is 2.19. The molecule has 0 spiro atoms. The topological polar surface area (TPSA) is 93.5 Å². The van der Waals surface area contributed by atoms with Gasteiger partial charge >= 0.3 is 16.1 Å². The van der Waals surface area contributed by atoms with Crippen LogP contribution in [0.1, 0.15) is 12.5 Å². The summed E-state index contributed by atoms with van der Waals surface area (Å²) in [6.07, 6.45) is 1.28. The Labute approximate surface area is 177 Å². The molecule has 6 nitrogen and oxygen atoms in total. The molecule has 0 amide bonds. The first-order valence-corrected chi connectivity index (χ1v) is 10.2. The minimum atomic E-state index is -4.20. The molecule has 0 radical (unpaired) electrons. The number of esters is 1. The van der Waals surface area contributed by atoms with Gasteiger partial charge in [-0.2, -0.15) is 13.7 Å². The Morgan fingerprint density at radius 1 is 1.11 bits per heavy atom. The summed E-state index contributed by atoms with van der Waals surface area (Å²) in [5.41, 5.74) is 0.215. The van der Waals surface area contributed by atoms with Crippen molar-refractivity contribution in [1.82, 2.24) is 0 Å². The van der Waals surface area contributed by atoms with Crippen molar-refractivity contribution < 1.29 is 22.1 Å². The first-order chi connectivity index (χ1) is 13.2. The molecule has 0 unspecified atom stereocenters. The van der Waals surface area contributed by atoms with Crippen LogP contribution in [-0.2, 0) is 19.6 Å². The molecule has 0 saturated carbocycles. The standard InChI is InChI=1S/C18H12Cl3NO5S/c1-2-26-18(23)12(10-22)7-11-3-5-13(6-4-11)28(24,25)27-17-9-15(20)14(19)8-16(17)21/h3-9H,2H2,1H3. The average Bonchev–Trinajstić information content (AvgIpc) is 2.64. The molecular formula is C18H12Cl3NO5S. The van der Waals surface area contributed by atoms with Crippen molar-refractivity contribution in [1.29, 1.82) is 5.26 Å². The van der Waals surface area contributed by atoms with Gasteiger partial charge in [0, 0.05) is 6.07 Å². The Morgan fingerprint density at radius 2 is 1.71 bits per heavy atom. The number of hydrogen-bond acceptors (Lipinski definition) is 6. The molecule has 0 N–H and O–H groups in total. The number of nitrogens with zero attached hydrogens (tertiary/aromatic N) is 1. The van der Waals surface area contributed by atoms with E-state index < -0.39 is 16.1 Å². The average molecular weight is 461 g/mol. The second-order valence-corrected chi connectivity index (χ2v) is 7.96. The molecule has 0 atom stereocenters. The predicted molar refractivity (Wildman–Crippen MR) is 106 cm³/mol. The first-order valence-electron chi connectivity index (χ1n) is 7.66. The molecule has 0 bridgehead atoms. The summed E-state index contributed by atoms with van der Waals surface area (Å²) in [4.78, 5) is 11.5. The second kappa shape index (κ2) is 9.30. The van der Waals surface area contributed by atoms with E-state index in [9.17, 15) is 13.2 Å². The van der Waals surface area contributed by atoms with Gasteiger partial charge in [-0.05, 0) is 36.8 Å². The van der Waals surface area contributed by atoms with Gasteiger partial charge in [0.1, 0.15) is 16.5 Å². The maximum Gasteiger partial charge on any atom is 0.348 e. The van der Waals surface area contributed by atoms with Gasteiger partial charge < -0.3 is 8.92 Å². The molecule has 146 valence electrons. The number of halogens is 3. The summed E-state index contributed by atoms with van der Waals surface area (Å²) in [5, 5.41) is 9.25. The number of ether oxygens (including phenoxy) is 1. The van der Waals surface area contributed by atoms with Gasteiger partial charge in [0.05, 0.1) is 21.7 Å². The zero-order chi connectivity index (χ0) is 20.9. The van der Waals surface area contributed by atoms with Gasteiger partial charge in [-0.3, -0.25) is 0 Å². The second-order valence-electron chi connectivity index (χ2n) is 5.19. The van der Waals surface area contributed by atoms with Crippen LogP contribution in [0.3, 0.4) is 0 Å². The molecule has 0 heterocycles. The Bertz CT molecular complexity index is 1070. The summed E-state index contributed by atoms with van der Waals surface area (Å²) in [6.45, 7) is 1.75. The Hall–Kier alpha value is -2.24. The maximum atomic E-state index is 12.4. The van der Waals surface area contributed by atoms with Crippen molar-refractivity contribution >= 4 is 57.0 Å². The third-order valence-corrected chi connectivity index (χ3v) is 5.54.